The molecular weight excluding hydrogens is 298 g/mol. The number of benzene rings is 1. The number of carbonyl (C=O) groups is 1. The fourth-order valence-electron chi connectivity index (χ4n) is 2.82. The highest BCUT2D eigenvalue weighted by Crippen LogP contribution is 2.33. The van der Waals surface area contributed by atoms with Gasteiger partial charge >= 0.3 is 6.18 Å². The Kier molecular flexibility index (Phi) is 5.08. The minimum atomic E-state index is -4.64. The average Bonchev–Trinajstić information content (AvgIpc) is 2.45. The number of hydrogen-bond donors (Lipinski definition) is 1. The summed E-state index contributed by atoms with van der Waals surface area (Å²) in [6.07, 6.45) is -1.18. The molecule has 1 aromatic carbocycles. The Bertz CT molecular complexity index is 533. The second-order valence-electron chi connectivity index (χ2n) is 5.97. The van der Waals surface area contributed by atoms with E-state index in [1.807, 2.05) is 0 Å². The molecule has 1 N–H and O–H groups in total. The maximum absolute atomic E-state index is 13.0. The monoisotopic (exact) mass is 317 g/mol. The average molecular weight is 317 g/mol. The summed E-state index contributed by atoms with van der Waals surface area (Å²) >= 11 is 0. The van der Waals surface area contributed by atoms with Gasteiger partial charge in [0.2, 0.25) is 5.91 Å². The largest absolute Gasteiger partial charge is 0.416 e. The molecule has 1 aliphatic rings. The van der Waals surface area contributed by atoms with Gasteiger partial charge in [0.15, 0.2) is 0 Å². The summed E-state index contributed by atoms with van der Waals surface area (Å²) in [5.41, 5.74) is -1.16. The van der Waals surface area contributed by atoms with Crippen molar-refractivity contribution in [3.8, 4) is 0 Å². The van der Waals surface area contributed by atoms with E-state index in [0.29, 0.717) is 12.0 Å². The fourth-order valence-corrected chi connectivity index (χ4v) is 2.82. The van der Waals surface area contributed by atoms with E-state index in [2.05, 4.69) is 12.2 Å². The molecule has 1 amide bonds. The lowest BCUT2D eigenvalue weighted by molar-refractivity contribution is -0.138. The van der Waals surface area contributed by atoms with Gasteiger partial charge in [-0.3, -0.25) is 4.79 Å². The molecule has 122 valence electrons. The van der Waals surface area contributed by atoms with E-state index < -0.39 is 17.6 Å². The minimum Gasteiger partial charge on any atom is -0.352 e. The van der Waals surface area contributed by atoms with E-state index in [4.69, 9.17) is 0 Å². The van der Waals surface area contributed by atoms with Crippen LogP contribution in [0.25, 0.3) is 0 Å². The van der Waals surface area contributed by atoms with Crippen LogP contribution < -0.4 is 5.32 Å². The van der Waals surface area contributed by atoms with Crippen LogP contribution in [0.2, 0.25) is 0 Å². The highest BCUT2D eigenvalue weighted by atomic mass is 19.4. The predicted octanol–water partition coefficient (Wildman–Crippen LogP) is 4.29. The van der Waals surface area contributed by atoms with Gasteiger partial charge in [-0.15, -0.1) is 0 Å². The molecule has 1 aromatic rings. The summed E-state index contributed by atoms with van der Waals surface area (Å²) in [4.78, 5) is 12.0. The third kappa shape index (κ3) is 4.21. The summed E-state index contributed by atoms with van der Waals surface area (Å²) in [7, 11) is 0. The van der Waals surface area contributed by atoms with Crippen molar-refractivity contribution in [1.82, 2.24) is 5.32 Å². The topological polar surface area (TPSA) is 29.1 Å². The van der Waals surface area contributed by atoms with Gasteiger partial charge in [-0.05, 0) is 49.3 Å². The Morgan fingerprint density at radius 1 is 1.23 bits per heavy atom. The first-order valence-electron chi connectivity index (χ1n) is 7.40. The molecule has 0 bridgehead atoms. The minimum absolute atomic E-state index is 0.119. The second kappa shape index (κ2) is 6.67. The van der Waals surface area contributed by atoms with Crippen LogP contribution in [0.4, 0.5) is 17.6 Å². The molecule has 22 heavy (non-hydrogen) atoms. The number of alkyl halides is 3. The number of amides is 1. The molecule has 0 saturated heterocycles. The van der Waals surface area contributed by atoms with Crippen molar-refractivity contribution < 1.29 is 22.4 Å². The lowest BCUT2D eigenvalue weighted by Crippen LogP contribution is -2.33. The van der Waals surface area contributed by atoms with Crippen molar-refractivity contribution in [1.29, 1.82) is 0 Å². The zero-order valence-corrected chi connectivity index (χ0v) is 12.3. The van der Waals surface area contributed by atoms with Gasteiger partial charge in [0.25, 0.3) is 0 Å². The van der Waals surface area contributed by atoms with Crippen LogP contribution in [-0.2, 0) is 17.5 Å². The molecule has 0 aliphatic heterocycles. The molecule has 1 fully saturated rings. The SMILES string of the molecule is CC1CCC(C(=O)NCc2ccc(F)cc2C(F)(F)F)CC1. The first-order valence-corrected chi connectivity index (χ1v) is 7.40. The zero-order chi connectivity index (χ0) is 16.3. The maximum atomic E-state index is 13.0. The van der Waals surface area contributed by atoms with Crippen LogP contribution in [0.3, 0.4) is 0 Å². The Labute approximate surface area is 126 Å². The normalized spacial score (nSPS) is 22.4. The molecule has 0 atom stereocenters. The standard InChI is InChI=1S/C16H19F4NO/c1-10-2-4-11(5-3-10)15(22)21-9-12-6-7-13(17)8-14(12)16(18,19)20/h6-8,10-11H,2-5,9H2,1H3,(H,21,22). The first-order chi connectivity index (χ1) is 10.3. The number of rotatable bonds is 3. The molecule has 0 radical (unpaired) electrons. The molecule has 1 saturated carbocycles. The summed E-state index contributed by atoms with van der Waals surface area (Å²) < 4.78 is 51.6. The van der Waals surface area contributed by atoms with Crippen LogP contribution >= 0.6 is 0 Å². The Hall–Kier alpha value is -1.59. The van der Waals surface area contributed by atoms with Crippen molar-refractivity contribution in [2.75, 3.05) is 0 Å². The van der Waals surface area contributed by atoms with Gasteiger partial charge in [0, 0.05) is 12.5 Å². The molecule has 2 rings (SSSR count). The summed E-state index contributed by atoms with van der Waals surface area (Å²) in [5, 5.41) is 2.55. The lowest BCUT2D eigenvalue weighted by Gasteiger charge is -2.25. The summed E-state index contributed by atoms with van der Waals surface area (Å²) in [6.45, 7) is 1.89. The maximum Gasteiger partial charge on any atom is 0.416 e. The van der Waals surface area contributed by atoms with E-state index in [1.54, 1.807) is 0 Å². The molecule has 0 heterocycles. The lowest BCUT2D eigenvalue weighted by atomic mass is 9.82. The molecule has 1 aliphatic carbocycles. The van der Waals surface area contributed by atoms with E-state index in [9.17, 15) is 22.4 Å². The number of hydrogen-bond acceptors (Lipinski definition) is 1. The smallest absolute Gasteiger partial charge is 0.352 e. The van der Waals surface area contributed by atoms with Crippen LogP contribution in [-0.4, -0.2) is 5.91 Å². The van der Waals surface area contributed by atoms with Crippen molar-refractivity contribution in [2.45, 2.75) is 45.3 Å². The third-order valence-corrected chi connectivity index (χ3v) is 4.22. The van der Waals surface area contributed by atoms with Crippen molar-refractivity contribution in [3.05, 3.63) is 35.1 Å². The number of nitrogens with one attached hydrogen (secondary N) is 1. The molecule has 6 heteroatoms. The predicted molar refractivity (Wildman–Crippen MR) is 74.4 cm³/mol. The van der Waals surface area contributed by atoms with Crippen molar-refractivity contribution >= 4 is 5.91 Å². The van der Waals surface area contributed by atoms with Gasteiger partial charge in [-0.2, -0.15) is 13.2 Å². The Balaban J connectivity index is 2.01. The van der Waals surface area contributed by atoms with E-state index in [0.717, 1.165) is 37.8 Å². The summed E-state index contributed by atoms with van der Waals surface area (Å²) in [5.74, 6) is -0.697. The van der Waals surface area contributed by atoms with Gasteiger partial charge in [-0.25, -0.2) is 4.39 Å². The quantitative estimate of drug-likeness (QED) is 0.828. The van der Waals surface area contributed by atoms with Crippen LogP contribution in [0.1, 0.15) is 43.7 Å². The van der Waals surface area contributed by atoms with Crippen LogP contribution in [0, 0.1) is 17.7 Å². The zero-order valence-electron chi connectivity index (χ0n) is 12.3. The molecular formula is C16H19F4NO. The highest BCUT2D eigenvalue weighted by Gasteiger charge is 2.34. The van der Waals surface area contributed by atoms with Gasteiger partial charge in [-0.1, -0.05) is 13.0 Å². The van der Waals surface area contributed by atoms with E-state index in [1.165, 1.54) is 0 Å². The van der Waals surface area contributed by atoms with E-state index in [-0.39, 0.29) is 23.9 Å². The fraction of sp³-hybridized carbons (Fsp3) is 0.562. The van der Waals surface area contributed by atoms with Gasteiger partial charge in [0.05, 0.1) is 5.56 Å². The first kappa shape index (κ1) is 16.8. The molecule has 0 unspecified atom stereocenters. The van der Waals surface area contributed by atoms with Crippen molar-refractivity contribution in [3.63, 3.8) is 0 Å². The van der Waals surface area contributed by atoms with Gasteiger partial charge < -0.3 is 5.32 Å². The number of halogens is 4. The molecule has 2 nitrogen and oxygen atoms in total. The van der Waals surface area contributed by atoms with Crippen LogP contribution in [0.5, 0.6) is 0 Å². The Morgan fingerprint density at radius 2 is 1.86 bits per heavy atom. The van der Waals surface area contributed by atoms with Crippen LogP contribution in [0.15, 0.2) is 18.2 Å². The highest BCUT2D eigenvalue weighted by molar-refractivity contribution is 5.78. The number of carbonyl (C=O) groups excluding carboxylic acids is 1. The van der Waals surface area contributed by atoms with E-state index >= 15 is 0 Å². The van der Waals surface area contributed by atoms with Crippen molar-refractivity contribution in [2.24, 2.45) is 11.8 Å². The van der Waals surface area contributed by atoms with Gasteiger partial charge in [0.1, 0.15) is 5.82 Å². The second-order valence-corrected chi connectivity index (χ2v) is 5.97. The third-order valence-electron chi connectivity index (χ3n) is 4.22. The molecule has 0 aromatic heterocycles. The summed E-state index contributed by atoms with van der Waals surface area (Å²) in [6, 6.07) is 2.50. The Morgan fingerprint density at radius 3 is 2.45 bits per heavy atom. The molecule has 0 spiro atoms.